The lowest BCUT2D eigenvalue weighted by Crippen LogP contribution is -2.32. The van der Waals surface area contributed by atoms with Crippen molar-refractivity contribution in [3.05, 3.63) is 23.4 Å². The molecular formula is C11H19N3O. The summed E-state index contributed by atoms with van der Waals surface area (Å²) in [5, 5.41) is 9.07. The maximum atomic E-state index is 9.07. The predicted octanol–water partition coefficient (Wildman–Crippen LogP) is 0.666. The van der Waals surface area contributed by atoms with Crippen molar-refractivity contribution in [1.82, 2.24) is 4.98 Å². The molecule has 0 bridgehead atoms. The Balaban J connectivity index is 2.97. The number of rotatable bonds is 4. The van der Waals surface area contributed by atoms with Gasteiger partial charge in [0.1, 0.15) is 5.82 Å². The maximum Gasteiger partial charge on any atom is 0.129 e. The van der Waals surface area contributed by atoms with E-state index < -0.39 is 0 Å². The first-order chi connectivity index (χ1) is 7.08. The lowest BCUT2D eigenvalue weighted by atomic mass is 10.2. The number of hydrogen-bond donors (Lipinski definition) is 2. The highest BCUT2D eigenvalue weighted by atomic mass is 16.3. The van der Waals surface area contributed by atoms with Crippen molar-refractivity contribution in [2.24, 2.45) is 5.73 Å². The molecule has 3 N–H and O–H groups in total. The summed E-state index contributed by atoms with van der Waals surface area (Å²) in [4.78, 5) is 6.36. The van der Waals surface area contributed by atoms with Crippen molar-refractivity contribution in [2.45, 2.75) is 26.4 Å². The summed E-state index contributed by atoms with van der Waals surface area (Å²) in [5.41, 5.74) is 7.61. The molecule has 0 fully saturated rings. The van der Waals surface area contributed by atoms with Crippen LogP contribution in [0, 0.1) is 6.92 Å². The molecule has 0 aliphatic rings. The van der Waals surface area contributed by atoms with Gasteiger partial charge >= 0.3 is 0 Å². The number of hydrogen-bond acceptors (Lipinski definition) is 4. The molecule has 1 heterocycles. The summed E-state index contributed by atoms with van der Waals surface area (Å²) in [5.74, 6) is 0.858. The third-order valence-corrected chi connectivity index (χ3v) is 2.52. The molecule has 0 aliphatic carbocycles. The number of aliphatic hydroxyl groups is 1. The lowest BCUT2D eigenvalue weighted by Gasteiger charge is -2.25. The fraction of sp³-hybridized carbons (Fsp3) is 0.545. The molecule has 84 valence electrons. The Kier molecular flexibility index (Phi) is 4.05. The Hall–Kier alpha value is -1.13. The number of aromatic nitrogens is 1. The first-order valence-electron chi connectivity index (χ1n) is 5.09. The highest BCUT2D eigenvalue weighted by molar-refractivity contribution is 5.42. The molecule has 0 radical (unpaired) electrons. The fourth-order valence-corrected chi connectivity index (χ4v) is 1.37. The van der Waals surface area contributed by atoms with Gasteiger partial charge in [-0.05, 0) is 31.5 Å². The molecule has 0 amide bonds. The van der Waals surface area contributed by atoms with Crippen LogP contribution in [0.15, 0.2) is 12.1 Å². The highest BCUT2D eigenvalue weighted by Crippen LogP contribution is 2.15. The zero-order chi connectivity index (χ0) is 11.4. The van der Waals surface area contributed by atoms with Gasteiger partial charge in [0.15, 0.2) is 0 Å². The van der Waals surface area contributed by atoms with Crippen LogP contribution < -0.4 is 10.6 Å². The first-order valence-corrected chi connectivity index (χ1v) is 5.09. The molecule has 1 aromatic rings. The van der Waals surface area contributed by atoms with Crippen molar-refractivity contribution in [3.63, 3.8) is 0 Å². The highest BCUT2D eigenvalue weighted by Gasteiger charge is 2.10. The van der Waals surface area contributed by atoms with Crippen LogP contribution in [0.3, 0.4) is 0 Å². The van der Waals surface area contributed by atoms with Gasteiger partial charge in [0, 0.05) is 19.3 Å². The van der Waals surface area contributed by atoms with Gasteiger partial charge in [-0.25, -0.2) is 4.98 Å². The number of pyridine rings is 1. The van der Waals surface area contributed by atoms with Crippen molar-refractivity contribution < 1.29 is 5.11 Å². The summed E-state index contributed by atoms with van der Waals surface area (Å²) in [6, 6.07) is 3.99. The second-order valence-electron chi connectivity index (χ2n) is 3.82. The summed E-state index contributed by atoms with van der Waals surface area (Å²) in [6.07, 6.45) is 0. The normalized spacial score (nSPS) is 12.6. The van der Waals surface area contributed by atoms with E-state index in [4.69, 9.17) is 10.8 Å². The van der Waals surface area contributed by atoms with Crippen LogP contribution in [0.4, 0.5) is 5.82 Å². The van der Waals surface area contributed by atoms with Gasteiger partial charge in [0.05, 0.1) is 12.6 Å². The zero-order valence-corrected chi connectivity index (χ0v) is 9.57. The monoisotopic (exact) mass is 209 g/mol. The van der Waals surface area contributed by atoms with Crippen molar-refractivity contribution in [1.29, 1.82) is 0 Å². The zero-order valence-electron chi connectivity index (χ0n) is 9.57. The molecule has 1 atom stereocenters. The smallest absolute Gasteiger partial charge is 0.129 e. The van der Waals surface area contributed by atoms with E-state index in [9.17, 15) is 0 Å². The minimum Gasteiger partial charge on any atom is -0.394 e. The molecule has 0 aliphatic heterocycles. The third kappa shape index (κ3) is 2.91. The van der Waals surface area contributed by atoms with E-state index in [0.717, 1.165) is 17.1 Å². The number of nitrogens with zero attached hydrogens (tertiary/aromatic N) is 2. The average Bonchev–Trinajstić information content (AvgIpc) is 2.26. The molecule has 0 spiro atoms. The number of anilines is 1. The van der Waals surface area contributed by atoms with Crippen LogP contribution in [-0.2, 0) is 6.54 Å². The van der Waals surface area contributed by atoms with Crippen molar-refractivity contribution in [3.8, 4) is 0 Å². The fourth-order valence-electron chi connectivity index (χ4n) is 1.37. The summed E-state index contributed by atoms with van der Waals surface area (Å²) in [6.45, 7) is 4.52. The number of aliphatic hydroxyl groups excluding tert-OH is 1. The van der Waals surface area contributed by atoms with Gasteiger partial charge in [-0.3, -0.25) is 0 Å². The Labute approximate surface area is 90.7 Å². The van der Waals surface area contributed by atoms with Crippen LogP contribution in [-0.4, -0.2) is 29.8 Å². The molecule has 15 heavy (non-hydrogen) atoms. The SMILES string of the molecule is Cc1cc(CN)cc(N(C)C(C)CO)n1. The molecular weight excluding hydrogens is 190 g/mol. The van der Waals surface area contributed by atoms with Gasteiger partial charge in [0.25, 0.3) is 0 Å². The number of aryl methyl sites for hydroxylation is 1. The molecule has 1 unspecified atom stereocenters. The number of nitrogens with two attached hydrogens (primary N) is 1. The quantitative estimate of drug-likeness (QED) is 0.765. The second-order valence-corrected chi connectivity index (χ2v) is 3.82. The Morgan fingerprint density at radius 2 is 2.20 bits per heavy atom. The van der Waals surface area contributed by atoms with E-state index in [2.05, 4.69) is 4.98 Å². The van der Waals surface area contributed by atoms with E-state index in [0.29, 0.717) is 6.54 Å². The first kappa shape index (κ1) is 11.9. The van der Waals surface area contributed by atoms with Gasteiger partial charge in [-0.2, -0.15) is 0 Å². The van der Waals surface area contributed by atoms with Gasteiger partial charge < -0.3 is 15.7 Å². The average molecular weight is 209 g/mol. The lowest BCUT2D eigenvalue weighted by molar-refractivity contribution is 0.269. The Bertz CT molecular complexity index is 328. The third-order valence-electron chi connectivity index (χ3n) is 2.52. The van der Waals surface area contributed by atoms with Gasteiger partial charge in [0.2, 0.25) is 0 Å². The summed E-state index contributed by atoms with van der Waals surface area (Å²) >= 11 is 0. The van der Waals surface area contributed by atoms with Crippen LogP contribution >= 0.6 is 0 Å². The van der Waals surface area contributed by atoms with E-state index in [1.807, 2.05) is 37.9 Å². The molecule has 0 aromatic carbocycles. The summed E-state index contributed by atoms with van der Waals surface area (Å²) in [7, 11) is 1.92. The van der Waals surface area contributed by atoms with Crippen LogP contribution in [0.1, 0.15) is 18.2 Å². The second kappa shape index (κ2) is 5.09. The Morgan fingerprint density at radius 1 is 1.53 bits per heavy atom. The minimum atomic E-state index is 0.0601. The van der Waals surface area contributed by atoms with Crippen LogP contribution in [0.5, 0.6) is 0 Å². The van der Waals surface area contributed by atoms with Crippen LogP contribution in [0.2, 0.25) is 0 Å². The van der Waals surface area contributed by atoms with E-state index in [1.165, 1.54) is 0 Å². The topological polar surface area (TPSA) is 62.4 Å². The van der Waals surface area contributed by atoms with Gasteiger partial charge in [-0.15, -0.1) is 0 Å². The molecule has 1 aromatic heterocycles. The van der Waals surface area contributed by atoms with Crippen molar-refractivity contribution in [2.75, 3.05) is 18.6 Å². The van der Waals surface area contributed by atoms with E-state index in [-0.39, 0.29) is 12.6 Å². The molecule has 4 nitrogen and oxygen atoms in total. The van der Waals surface area contributed by atoms with Crippen molar-refractivity contribution >= 4 is 5.82 Å². The molecule has 4 heteroatoms. The number of likely N-dealkylation sites (N-methyl/N-ethyl adjacent to an activating group) is 1. The van der Waals surface area contributed by atoms with Gasteiger partial charge in [-0.1, -0.05) is 0 Å². The standard InChI is InChI=1S/C11H19N3O/c1-8-4-10(6-12)5-11(13-8)14(3)9(2)7-15/h4-5,9,15H,6-7,12H2,1-3H3. The molecule has 1 rings (SSSR count). The Morgan fingerprint density at radius 3 is 2.73 bits per heavy atom. The minimum absolute atomic E-state index is 0.0601. The maximum absolute atomic E-state index is 9.07. The van der Waals surface area contributed by atoms with Crippen LogP contribution in [0.25, 0.3) is 0 Å². The molecule has 0 saturated heterocycles. The predicted molar refractivity (Wildman–Crippen MR) is 61.8 cm³/mol. The van der Waals surface area contributed by atoms with E-state index in [1.54, 1.807) is 0 Å². The summed E-state index contributed by atoms with van der Waals surface area (Å²) < 4.78 is 0. The largest absolute Gasteiger partial charge is 0.394 e. The van der Waals surface area contributed by atoms with E-state index >= 15 is 0 Å². The molecule has 0 saturated carbocycles.